The Labute approximate surface area is 144 Å². The third-order valence-electron chi connectivity index (χ3n) is 4.07. The van der Waals surface area contributed by atoms with E-state index in [1.165, 1.54) is 0 Å². The first-order valence-corrected chi connectivity index (χ1v) is 8.57. The summed E-state index contributed by atoms with van der Waals surface area (Å²) in [7, 11) is 1.72. The van der Waals surface area contributed by atoms with Gasteiger partial charge in [-0.1, -0.05) is 0 Å². The van der Waals surface area contributed by atoms with Gasteiger partial charge in [-0.05, 0) is 44.0 Å². The van der Waals surface area contributed by atoms with E-state index >= 15 is 0 Å². The van der Waals surface area contributed by atoms with E-state index in [-0.39, 0.29) is 18.6 Å². The van der Waals surface area contributed by atoms with E-state index in [0.717, 1.165) is 44.8 Å². The third kappa shape index (κ3) is 6.37. The Balaban J connectivity index is 1.65. The maximum Gasteiger partial charge on any atom is 0.258 e. The van der Waals surface area contributed by atoms with Crippen molar-refractivity contribution in [3.63, 3.8) is 0 Å². The largest absolute Gasteiger partial charge is 0.494 e. The van der Waals surface area contributed by atoms with Crippen molar-refractivity contribution < 1.29 is 19.0 Å². The molecule has 134 valence electrons. The van der Waals surface area contributed by atoms with Gasteiger partial charge in [0.15, 0.2) is 6.61 Å². The summed E-state index contributed by atoms with van der Waals surface area (Å²) in [5.41, 5.74) is 0. The zero-order valence-corrected chi connectivity index (χ0v) is 14.6. The number of methoxy groups -OCH3 is 1. The molecule has 0 spiro atoms. The van der Waals surface area contributed by atoms with Gasteiger partial charge in [0.1, 0.15) is 11.5 Å². The number of carbonyl (C=O) groups is 1. The van der Waals surface area contributed by atoms with E-state index < -0.39 is 0 Å². The summed E-state index contributed by atoms with van der Waals surface area (Å²) >= 11 is 0. The summed E-state index contributed by atoms with van der Waals surface area (Å²) < 4.78 is 16.0. The van der Waals surface area contributed by atoms with E-state index in [4.69, 9.17) is 14.2 Å². The molecule has 1 N–H and O–H groups in total. The second-order valence-electron chi connectivity index (χ2n) is 5.87. The SMILES string of the molecule is CCOc1ccc(OCC(=O)NC2CCN(CCOC)CC2)cc1. The first kappa shape index (κ1) is 18.5. The molecule has 1 aromatic rings. The van der Waals surface area contributed by atoms with Gasteiger partial charge in [0.05, 0.1) is 13.2 Å². The summed E-state index contributed by atoms with van der Waals surface area (Å²) in [6, 6.07) is 7.54. The standard InChI is InChI=1S/C18H28N2O4/c1-3-23-16-4-6-17(7-5-16)24-14-18(21)19-15-8-10-20(11-9-15)12-13-22-2/h4-7,15H,3,8-14H2,1-2H3,(H,19,21). The highest BCUT2D eigenvalue weighted by Gasteiger charge is 2.20. The van der Waals surface area contributed by atoms with Crippen LogP contribution >= 0.6 is 0 Å². The number of hydrogen-bond donors (Lipinski definition) is 1. The van der Waals surface area contributed by atoms with Gasteiger partial charge in [0.25, 0.3) is 5.91 Å². The average Bonchev–Trinajstić information content (AvgIpc) is 2.61. The maximum atomic E-state index is 12.0. The van der Waals surface area contributed by atoms with Crippen LogP contribution in [0.15, 0.2) is 24.3 Å². The van der Waals surface area contributed by atoms with E-state index in [1.54, 1.807) is 7.11 Å². The molecular weight excluding hydrogens is 308 g/mol. The Morgan fingerprint density at radius 2 is 1.79 bits per heavy atom. The number of ether oxygens (including phenoxy) is 3. The first-order valence-electron chi connectivity index (χ1n) is 8.57. The summed E-state index contributed by atoms with van der Waals surface area (Å²) in [5.74, 6) is 1.40. The van der Waals surface area contributed by atoms with E-state index in [1.807, 2.05) is 31.2 Å². The molecule has 1 fully saturated rings. The number of rotatable bonds is 9. The summed E-state index contributed by atoms with van der Waals surface area (Å²) in [5, 5.41) is 3.05. The Morgan fingerprint density at radius 3 is 2.38 bits per heavy atom. The summed E-state index contributed by atoms with van der Waals surface area (Å²) in [6.45, 7) is 6.31. The molecule has 1 aliphatic heterocycles. The van der Waals surface area contributed by atoms with Crippen molar-refractivity contribution in [3.05, 3.63) is 24.3 Å². The summed E-state index contributed by atoms with van der Waals surface area (Å²) in [4.78, 5) is 14.4. The lowest BCUT2D eigenvalue weighted by atomic mass is 10.1. The number of carbonyl (C=O) groups excluding carboxylic acids is 1. The van der Waals surface area contributed by atoms with E-state index in [0.29, 0.717) is 12.4 Å². The van der Waals surface area contributed by atoms with Crippen LogP contribution in [0.25, 0.3) is 0 Å². The lowest BCUT2D eigenvalue weighted by Crippen LogP contribution is -2.46. The molecule has 2 rings (SSSR count). The number of nitrogens with one attached hydrogen (secondary N) is 1. The Morgan fingerprint density at radius 1 is 1.17 bits per heavy atom. The predicted molar refractivity (Wildman–Crippen MR) is 92.6 cm³/mol. The van der Waals surface area contributed by atoms with Gasteiger partial charge in [-0.15, -0.1) is 0 Å². The molecule has 0 bridgehead atoms. The van der Waals surface area contributed by atoms with E-state index in [2.05, 4.69) is 10.2 Å². The van der Waals surface area contributed by atoms with Crippen molar-refractivity contribution >= 4 is 5.91 Å². The molecule has 1 aliphatic rings. The van der Waals surface area contributed by atoms with E-state index in [9.17, 15) is 4.79 Å². The lowest BCUT2D eigenvalue weighted by molar-refractivity contribution is -0.124. The lowest BCUT2D eigenvalue weighted by Gasteiger charge is -2.32. The summed E-state index contributed by atoms with van der Waals surface area (Å²) in [6.07, 6.45) is 1.94. The average molecular weight is 336 g/mol. The number of benzene rings is 1. The van der Waals surface area contributed by atoms with Crippen molar-refractivity contribution in [1.29, 1.82) is 0 Å². The molecule has 24 heavy (non-hydrogen) atoms. The number of nitrogens with zero attached hydrogens (tertiary/aromatic N) is 1. The molecule has 0 saturated carbocycles. The topological polar surface area (TPSA) is 60.0 Å². The molecule has 0 radical (unpaired) electrons. The van der Waals surface area contributed by atoms with Gasteiger partial charge in [-0.2, -0.15) is 0 Å². The minimum Gasteiger partial charge on any atom is -0.494 e. The fourth-order valence-electron chi connectivity index (χ4n) is 2.74. The zero-order valence-electron chi connectivity index (χ0n) is 14.6. The second kappa shape index (κ2) is 10.2. The van der Waals surface area contributed by atoms with Gasteiger partial charge < -0.3 is 24.4 Å². The number of amides is 1. The quantitative estimate of drug-likeness (QED) is 0.744. The Hall–Kier alpha value is -1.79. The van der Waals surface area contributed by atoms with Crippen molar-refractivity contribution in [2.75, 3.05) is 46.6 Å². The van der Waals surface area contributed by atoms with Crippen LogP contribution in [0.5, 0.6) is 11.5 Å². The maximum absolute atomic E-state index is 12.0. The molecule has 0 unspecified atom stereocenters. The molecule has 1 amide bonds. The van der Waals surface area contributed by atoms with Crippen molar-refractivity contribution in [3.8, 4) is 11.5 Å². The highest BCUT2D eigenvalue weighted by molar-refractivity contribution is 5.77. The second-order valence-corrected chi connectivity index (χ2v) is 5.87. The van der Waals surface area contributed by atoms with Gasteiger partial charge in [0, 0.05) is 32.8 Å². The van der Waals surface area contributed by atoms with Crippen LogP contribution in [0.4, 0.5) is 0 Å². The Kier molecular flexibility index (Phi) is 7.85. The van der Waals surface area contributed by atoms with Crippen LogP contribution in [0.1, 0.15) is 19.8 Å². The van der Waals surface area contributed by atoms with Gasteiger partial charge in [-0.25, -0.2) is 0 Å². The zero-order chi connectivity index (χ0) is 17.2. The Bertz CT molecular complexity index is 484. The third-order valence-corrected chi connectivity index (χ3v) is 4.07. The fraction of sp³-hybridized carbons (Fsp3) is 0.611. The van der Waals surface area contributed by atoms with Crippen LogP contribution < -0.4 is 14.8 Å². The first-order chi connectivity index (χ1) is 11.7. The highest BCUT2D eigenvalue weighted by atomic mass is 16.5. The number of hydrogen-bond acceptors (Lipinski definition) is 5. The fourth-order valence-corrected chi connectivity index (χ4v) is 2.74. The smallest absolute Gasteiger partial charge is 0.258 e. The normalized spacial score (nSPS) is 15.9. The van der Waals surface area contributed by atoms with Crippen molar-refractivity contribution in [2.24, 2.45) is 0 Å². The van der Waals surface area contributed by atoms with Crippen LogP contribution in [0, 0.1) is 0 Å². The molecule has 1 saturated heterocycles. The van der Waals surface area contributed by atoms with Gasteiger partial charge in [-0.3, -0.25) is 4.79 Å². The van der Waals surface area contributed by atoms with Crippen LogP contribution in [-0.2, 0) is 9.53 Å². The predicted octanol–water partition coefficient (Wildman–Crippen LogP) is 1.69. The number of piperidine rings is 1. The minimum atomic E-state index is -0.0702. The molecule has 6 nitrogen and oxygen atoms in total. The molecule has 1 aromatic carbocycles. The molecule has 6 heteroatoms. The number of likely N-dealkylation sites (tertiary alicyclic amines) is 1. The van der Waals surface area contributed by atoms with Crippen molar-refractivity contribution in [2.45, 2.75) is 25.8 Å². The van der Waals surface area contributed by atoms with Gasteiger partial charge >= 0.3 is 0 Å². The van der Waals surface area contributed by atoms with Crippen LogP contribution in [0.3, 0.4) is 0 Å². The molecule has 0 aromatic heterocycles. The molecule has 0 aliphatic carbocycles. The van der Waals surface area contributed by atoms with Crippen LogP contribution in [-0.4, -0.2) is 63.4 Å². The minimum absolute atomic E-state index is 0.0396. The van der Waals surface area contributed by atoms with Crippen LogP contribution in [0.2, 0.25) is 0 Å². The molecule has 1 heterocycles. The highest BCUT2D eigenvalue weighted by Crippen LogP contribution is 2.17. The van der Waals surface area contributed by atoms with Gasteiger partial charge in [0.2, 0.25) is 0 Å². The molecular formula is C18H28N2O4. The monoisotopic (exact) mass is 336 g/mol. The molecule has 0 atom stereocenters. The van der Waals surface area contributed by atoms with Crippen molar-refractivity contribution in [1.82, 2.24) is 10.2 Å².